The standard InChI is InChI=1S/C28H30N2O2/c1-28-16-20-15-26(31)19(12-18-6-5-7-22(13-18)32-2)14-21(20)17-30(28)11-10-24-23-8-3-4-9-25(23)29-27(24)28/h3-9,12-13,20-21,29H,10-11,14-17H2,1-2H3/b19-12+. The Labute approximate surface area is 189 Å². The van der Waals surface area contributed by atoms with Crippen LogP contribution in [-0.4, -0.2) is 35.9 Å². The lowest BCUT2D eigenvalue weighted by Crippen LogP contribution is -2.57. The zero-order chi connectivity index (χ0) is 21.9. The molecule has 164 valence electrons. The maximum atomic E-state index is 13.1. The van der Waals surface area contributed by atoms with Crippen molar-refractivity contribution in [3.63, 3.8) is 0 Å². The number of para-hydroxylation sites is 1. The highest BCUT2D eigenvalue weighted by Gasteiger charge is 2.49. The number of H-pyrrole nitrogens is 1. The number of nitrogens with one attached hydrogen (secondary N) is 1. The summed E-state index contributed by atoms with van der Waals surface area (Å²) in [7, 11) is 1.68. The Morgan fingerprint density at radius 1 is 1.12 bits per heavy atom. The van der Waals surface area contributed by atoms with Crippen molar-refractivity contribution in [1.82, 2.24) is 9.88 Å². The van der Waals surface area contributed by atoms with Crippen molar-refractivity contribution >= 4 is 22.8 Å². The summed E-state index contributed by atoms with van der Waals surface area (Å²) in [6.07, 6.45) is 5.78. The van der Waals surface area contributed by atoms with Gasteiger partial charge in [-0.05, 0) is 79.0 Å². The van der Waals surface area contributed by atoms with Crippen LogP contribution in [0.3, 0.4) is 0 Å². The molecule has 0 spiro atoms. The molecule has 3 aliphatic rings. The molecule has 2 aliphatic heterocycles. The van der Waals surface area contributed by atoms with Gasteiger partial charge in [-0.25, -0.2) is 0 Å². The van der Waals surface area contributed by atoms with E-state index in [9.17, 15) is 4.79 Å². The molecule has 4 heteroatoms. The van der Waals surface area contributed by atoms with Crippen molar-refractivity contribution in [2.75, 3.05) is 20.2 Å². The number of nitrogens with zero attached hydrogens (tertiary/aromatic N) is 1. The first-order valence-electron chi connectivity index (χ1n) is 11.8. The molecule has 6 rings (SSSR count). The van der Waals surface area contributed by atoms with Gasteiger partial charge in [-0.1, -0.05) is 30.3 Å². The number of hydrogen-bond acceptors (Lipinski definition) is 3. The summed E-state index contributed by atoms with van der Waals surface area (Å²) in [5.74, 6) is 2.14. The molecular formula is C28H30N2O2. The third-order valence-electron chi connectivity index (χ3n) is 8.19. The van der Waals surface area contributed by atoms with Crippen molar-refractivity contribution in [1.29, 1.82) is 0 Å². The Hall–Kier alpha value is -2.85. The minimum atomic E-state index is -0.0118. The van der Waals surface area contributed by atoms with Crippen LogP contribution < -0.4 is 4.74 Å². The van der Waals surface area contributed by atoms with Gasteiger partial charge in [0.2, 0.25) is 0 Å². The molecular weight excluding hydrogens is 396 g/mol. The average molecular weight is 427 g/mol. The van der Waals surface area contributed by atoms with Crippen molar-refractivity contribution in [2.24, 2.45) is 11.8 Å². The number of rotatable bonds is 2. The smallest absolute Gasteiger partial charge is 0.159 e. The number of Topliss-reactive ketones (excluding diaryl/α,β-unsaturated/α-hetero) is 1. The number of aromatic amines is 1. The van der Waals surface area contributed by atoms with E-state index in [1.165, 1.54) is 22.2 Å². The third kappa shape index (κ3) is 3.04. The summed E-state index contributed by atoms with van der Waals surface area (Å²) in [5.41, 5.74) is 6.12. The van der Waals surface area contributed by atoms with Gasteiger partial charge in [-0.2, -0.15) is 0 Å². The van der Waals surface area contributed by atoms with Crippen LogP contribution >= 0.6 is 0 Å². The van der Waals surface area contributed by atoms with Gasteiger partial charge in [0, 0.05) is 36.1 Å². The molecule has 32 heavy (non-hydrogen) atoms. The molecule has 1 saturated heterocycles. The molecule has 1 aromatic heterocycles. The van der Waals surface area contributed by atoms with Gasteiger partial charge in [0.1, 0.15) is 5.75 Å². The number of hydrogen-bond donors (Lipinski definition) is 1. The van der Waals surface area contributed by atoms with Crippen LogP contribution in [0, 0.1) is 11.8 Å². The molecule has 2 fully saturated rings. The number of fused-ring (bicyclic) bond motifs is 6. The minimum absolute atomic E-state index is 0.0118. The predicted molar refractivity (Wildman–Crippen MR) is 128 cm³/mol. The van der Waals surface area contributed by atoms with E-state index >= 15 is 0 Å². The number of carbonyl (C=O) groups excluding carboxylic acids is 1. The lowest BCUT2D eigenvalue weighted by atomic mass is 9.65. The number of ether oxygens (including phenoxy) is 1. The van der Waals surface area contributed by atoms with E-state index in [0.29, 0.717) is 24.0 Å². The van der Waals surface area contributed by atoms with E-state index in [2.05, 4.69) is 53.2 Å². The van der Waals surface area contributed by atoms with Crippen LogP contribution in [0.25, 0.3) is 17.0 Å². The van der Waals surface area contributed by atoms with Crippen LogP contribution in [0.4, 0.5) is 0 Å². The molecule has 0 radical (unpaired) electrons. The van der Waals surface area contributed by atoms with Gasteiger partial charge in [0.05, 0.1) is 12.6 Å². The fourth-order valence-corrected chi connectivity index (χ4v) is 6.51. The average Bonchev–Trinajstić information content (AvgIpc) is 3.19. The first kappa shape index (κ1) is 19.8. The number of ketones is 1. The highest BCUT2D eigenvalue weighted by molar-refractivity contribution is 6.00. The van der Waals surface area contributed by atoms with E-state index in [-0.39, 0.29) is 5.54 Å². The van der Waals surface area contributed by atoms with E-state index in [0.717, 1.165) is 49.2 Å². The first-order valence-corrected chi connectivity index (χ1v) is 11.8. The molecule has 0 amide bonds. The van der Waals surface area contributed by atoms with Gasteiger partial charge in [0.15, 0.2) is 5.78 Å². The lowest BCUT2D eigenvalue weighted by Gasteiger charge is -2.54. The number of aromatic nitrogens is 1. The van der Waals surface area contributed by atoms with Gasteiger partial charge >= 0.3 is 0 Å². The molecule has 3 heterocycles. The number of methoxy groups -OCH3 is 1. The zero-order valence-electron chi connectivity index (χ0n) is 18.9. The second kappa shape index (κ2) is 7.35. The number of benzene rings is 2. The molecule has 0 bridgehead atoms. The molecule has 1 aliphatic carbocycles. The normalized spacial score (nSPS) is 28.9. The summed E-state index contributed by atoms with van der Waals surface area (Å²) in [5, 5.41) is 1.37. The molecule has 1 N–H and O–H groups in total. The van der Waals surface area contributed by atoms with Gasteiger partial charge < -0.3 is 9.72 Å². The maximum absolute atomic E-state index is 13.1. The minimum Gasteiger partial charge on any atom is -0.497 e. The highest BCUT2D eigenvalue weighted by Crippen LogP contribution is 2.50. The number of piperidine rings is 1. The summed E-state index contributed by atoms with van der Waals surface area (Å²) < 4.78 is 5.35. The van der Waals surface area contributed by atoms with Crippen LogP contribution in [0.2, 0.25) is 0 Å². The predicted octanol–water partition coefficient (Wildman–Crippen LogP) is 5.33. The second-order valence-electron chi connectivity index (χ2n) is 10.00. The highest BCUT2D eigenvalue weighted by atomic mass is 16.5. The fraction of sp³-hybridized carbons (Fsp3) is 0.393. The maximum Gasteiger partial charge on any atom is 0.159 e. The fourth-order valence-electron chi connectivity index (χ4n) is 6.51. The molecule has 3 atom stereocenters. The van der Waals surface area contributed by atoms with Crippen molar-refractivity contribution < 1.29 is 9.53 Å². The van der Waals surface area contributed by atoms with Crippen molar-refractivity contribution in [3.8, 4) is 5.75 Å². The lowest BCUT2D eigenvalue weighted by molar-refractivity contribution is -0.121. The van der Waals surface area contributed by atoms with Crippen LogP contribution in [0.15, 0.2) is 54.1 Å². The zero-order valence-corrected chi connectivity index (χ0v) is 18.9. The Kier molecular flexibility index (Phi) is 4.55. The Morgan fingerprint density at radius 2 is 2.00 bits per heavy atom. The van der Waals surface area contributed by atoms with Gasteiger partial charge in [-0.3, -0.25) is 9.69 Å². The summed E-state index contributed by atoms with van der Waals surface area (Å²) >= 11 is 0. The number of carbonyl (C=O) groups is 1. The number of allylic oxidation sites excluding steroid dienone is 1. The molecule has 3 unspecified atom stereocenters. The van der Waals surface area contributed by atoms with Crippen molar-refractivity contribution in [3.05, 3.63) is 70.9 Å². The molecule has 3 aromatic rings. The van der Waals surface area contributed by atoms with Gasteiger partial charge in [0.25, 0.3) is 0 Å². The summed E-state index contributed by atoms with van der Waals surface area (Å²) in [6, 6.07) is 16.7. The second-order valence-corrected chi connectivity index (χ2v) is 10.00. The topological polar surface area (TPSA) is 45.3 Å². The Bertz CT molecular complexity index is 1240. The largest absolute Gasteiger partial charge is 0.497 e. The van der Waals surface area contributed by atoms with E-state index in [1.807, 2.05) is 18.2 Å². The molecule has 2 aromatic carbocycles. The Morgan fingerprint density at radius 3 is 2.88 bits per heavy atom. The summed E-state index contributed by atoms with van der Waals surface area (Å²) in [4.78, 5) is 19.6. The monoisotopic (exact) mass is 426 g/mol. The van der Waals surface area contributed by atoms with E-state index in [4.69, 9.17) is 4.74 Å². The van der Waals surface area contributed by atoms with Crippen LogP contribution in [0.1, 0.15) is 43.0 Å². The Balaban J connectivity index is 1.30. The summed E-state index contributed by atoms with van der Waals surface area (Å²) in [6.45, 7) is 4.55. The first-order chi connectivity index (χ1) is 15.5. The third-order valence-corrected chi connectivity index (χ3v) is 8.19. The van der Waals surface area contributed by atoms with Crippen molar-refractivity contribution in [2.45, 2.75) is 38.1 Å². The van der Waals surface area contributed by atoms with Crippen LogP contribution in [-0.2, 0) is 16.8 Å². The van der Waals surface area contributed by atoms with E-state index < -0.39 is 0 Å². The molecule has 4 nitrogen and oxygen atoms in total. The quantitative estimate of drug-likeness (QED) is 0.563. The SMILES string of the molecule is COc1cccc(/C=C2\CC3CN4CCc5c([nH]c6ccccc56)C4(C)CC3CC2=O)c1. The molecule has 1 saturated carbocycles. The van der Waals surface area contributed by atoms with Gasteiger partial charge in [-0.15, -0.1) is 0 Å². The van der Waals surface area contributed by atoms with Crippen LogP contribution in [0.5, 0.6) is 5.75 Å². The van der Waals surface area contributed by atoms with E-state index in [1.54, 1.807) is 7.11 Å².